The highest BCUT2D eigenvalue weighted by molar-refractivity contribution is 8.00. The van der Waals surface area contributed by atoms with Crippen molar-refractivity contribution in [2.75, 3.05) is 54.8 Å². The molecule has 0 bridgehead atoms. The van der Waals surface area contributed by atoms with E-state index in [1.54, 1.807) is 0 Å². The van der Waals surface area contributed by atoms with E-state index in [2.05, 4.69) is 9.80 Å². The predicted molar refractivity (Wildman–Crippen MR) is 132 cm³/mol. The quantitative estimate of drug-likeness (QED) is 0.521. The first-order valence-electron chi connectivity index (χ1n) is 11.1. The van der Waals surface area contributed by atoms with Gasteiger partial charge in [-0.3, -0.25) is 4.79 Å². The minimum Gasteiger partial charge on any atom is -0.368 e. The van der Waals surface area contributed by atoms with Gasteiger partial charge in [0.15, 0.2) is 5.82 Å². The van der Waals surface area contributed by atoms with E-state index >= 15 is 0 Å². The molecule has 2 aromatic carbocycles. The van der Waals surface area contributed by atoms with E-state index in [9.17, 15) is 4.79 Å². The number of carbonyl (C=O) groups is 1. The maximum absolute atomic E-state index is 13.0. The maximum atomic E-state index is 13.0. The zero-order valence-corrected chi connectivity index (χ0v) is 19.5. The van der Waals surface area contributed by atoms with Crippen LogP contribution in [0.1, 0.15) is 12.8 Å². The number of carbonyl (C=O) groups excluding carboxylic acids is 1. The first-order valence-corrected chi connectivity index (χ1v) is 12.5. The molecule has 3 aromatic rings. The lowest BCUT2D eigenvalue weighted by atomic mass is 10.2. The molecule has 0 atom stereocenters. The third-order valence-electron chi connectivity index (χ3n) is 6.08. The molecular formula is C24H26ClN5OS. The fourth-order valence-corrected chi connectivity index (χ4v) is 5.33. The van der Waals surface area contributed by atoms with Gasteiger partial charge in [0.05, 0.1) is 16.8 Å². The van der Waals surface area contributed by atoms with Crippen molar-refractivity contribution in [2.24, 2.45) is 0 Å². The van der Waals surface area contributed by atoms with Gasteiger partial charge in [-0.05, 0) is 49.2 Å². The van der Waals surface area contributed by atoms with Gasteiger partial charge < -0.3 is 14.7 Å². The monoisotopic (exact) mass is 467 g/mol. The molecule has 6 nitrogen and oxygen atoms in total. The van der Waals surface area contributed by atoms with Gasteiger partial charge in [0, 0.05) is 50.0 Å². The number of anilines is 2. The summed E-state index contributed by atoms with van der Waals surface area (Å²) in [5.41, 5.74) is 2.93. The molecule has 0 spiro atoms. The van der Waals surface area contributed by atoms with Crippen LogP contribution in [-0.2, 0) is 4.79 Å². The van der Waals surface area contributed by atoms with Crippen molar-refractivity contribution in [3.63, 3.8) is 0 Å². The zero-order chi connectivity index (χ0) is 21.9. The Morgan fingerprint density at radius 3 is 2.19 bits per heavy atom. The highest BCUT2D eigenvalue weighted by atomic mass is 35.5. The number of hydrogen-bond acceptors (Lipinski definition) is 6. The second-order valence-corrected chi connectivity index (χ2v) is 9.57. The van der Waals surface area contributed by atoms with Gasteiger partial charge in [0.25, 0.3) is 0 Å². The van der Waals surface area contributed by atoms with E-state index < -0.39 is 0 Å². The van der Waals surface area contributed by atoms with Crippen molar-refractivity contribution in [2.45, 2.75) is 17.9 Å². The summed E-state index contributed by atoms with van der Waals surface area (Å²) in [5.74, 6) is 1.47. The Kier molecular flexibility index (Phi) is 6.37. The fraction of sp³-hybridized carbons (Fsp3) is 0.375. The first kappa shape index (κ1) is 21.3. The summed E-state index contributed by atoms with van der Waals surface area (Å²) in [4.78, 5) is 29.3. The van der Waals surface area contributed by atoms with Gasteiger partial charge in [0.1, 0.15) is 5.03 Å². The number of benzene rings is 2. The molecule has 2 aliphatic heterocycles. The second-order valence-electron chi connectivity index (χ2n) is 8.17. The highest BCUT2D eigenvalue weighted by Crippen LogP contribution is 2.31. The summed E-state index contributed by atoms with van der Waals surface area (Å²) >= 11 is 7.51. The van der Waals surface area contributed by atoms with Gasteiger partial charge in [0.2, 0.25) is 5.91 Å². The van der Waals surface area contributed by atoms with Crippen LogP contribution < -0.4 is 9.80 Å². The predicted octanol–water partition coefficient (Wildman–Crippen LogP) is 4.32. The zero-order valence-electron chi connectivity index (χ0n) is 17.9. The van der Waals surface area contributed by atoms with Crippen molar-refractivity contribution >= 4 is 51.8 Å². The number of fused-ring (bicyclic) bond motifs is 1. The van der Waals surface area contributed by atoms with Gasteiger partial charge in [-0.2, -0.15) is 0 Å². The second kappa shape index (κ2) is 9.55. The van der Waals surface area contributed by atoms with Crippen LogP contribution in [-0.4, -0.2) is 65.8 Å². The number of nitrogens with zero attached hydrogens (tertiary/aromatic N) is 5. The van der Waals surface area contributed by atoms with Crippen LogP contribution in [0.4, 0.5) is 11.5 Å². The Bertz CT molecular complexity index is 1100. The molecule has 0 saturated carbocycles. The standard InChI is InChI=1S/C24H26ClN5OS/c25-18-7-9-19(10-8-18)28-13-15-29(16-14-28)22(31)17-32-24-23(30-11-3-4-12-30)26-20-5-1-2-6-21(20)27-24/h1-2,5-10H,3-4,11-17H2. The van der Waals surface area contributed by atoms with Crippen molar-refractivity contribution in [3.8, 4) is 0 Å². The summed E-state index contributed by atoms with van der Waals surface area (Å²) in [5, 5.41) is 1.60. The molecule has 32 heavy (non-hydrogen) atoms. The molecule has 2 fully saturated rings. The molecule has 166 valence electrons. The third-order valence-corrected chi connectivity index (χ3v) is 7.27. The third kappa shape index (κ3) is 4.64. The Hall–Kier alpha value is -2.51. The number of amides is 1. The summed E-state index contributed by atoms with van der Waals surface area (Å²) in [6.07, 6.45) is 2.35. The molecule has 2 aliphatic rings. The van der Waals surface area contributed by atoms with Crippen LogP contribution in [0.2, 0.25) is 5.02 Å². The lowest BCUT2D eigenvalue weighted by molar-refractivity contribution is -0.128. The van der Waals surface area contributed by atoms with Gasteiger partial charge in [-0.15, -0.1) is 0 Å². The average Bonchev–Trinajstić information content (AvgIpc) is 3.37. The van der Waals surface area contributed by atoms with Crippen LogP contribution >= 0.6 is 23.4 Å². The van der Waals surface area contributed by atoms with Crippen LogP contribution in [0.25, 0.3) is 11.0 Å². The molecule has 2 saturated heterocycles. The number of halogens is 1. The van der Waals surface area contributed by atoms with Crippen LogP contribution in [0.3, 0.4) is 0 Å². The smallest absolute Gasteiger partial charge is 0.233 e. The van der Waals surface area contributed by atoms with E-state index in [1.807, 2.05) is 53.4 Å². The Labute approximate surface area is 197 Å². The minimum absolute atomic E-state index is 0.160. The summed E-state index contributed by atoms with van der Waals surface area (Å²) in [6.45, 7) is 5.11. The normalized spacial score (nSPS) is 16.7. The molecule has 1 aromatic heterocycles. The largest absolute Gasteiger partial charge is 0.368 e. The number of thioether (sulfide) groups is 1. The molecule has 3 heterocycles. The topological polar surface area (TPSA) is 52.6 Å². The van der Waals surface area contributed by atoms with Crippen molar-refractivity contribution in [1.82, 2.24) is 14.9 Å². The molecule has 5 rings (SSSR count). The van der Waals surface area contributed by atoms with E-state index in [-0.39, 0.29) is 5.91 Å². The lowest BCUT2D eigenvalue weighted by Gasteiger charge is -2.36. The van der Waals surface area contributed by atoms with Crippen molar-refractivity contribution < 1.29 is 4.79 Å². The number of rotatable bonds is 5. The number of para-hydroxylation sites is 2. The lowest BCUT2D eigenvalue weighted by Crippen LogP contribution is -2.49. The molecule has 8 heteroatoms. The molecule has 0 N–H and O–H groups in total. The van der Waals surface area contributed by atoms with Gasteiger partial charge in [-0.25, -0.2) is 9.97 Å². The van der Waals surface area contributed by atoms with Crippen LogP contribution in [0.5, 0.6) is 0 Å². The van der Waals surface area contributed by atoms with Crippen LogP contribution in [0, 0.1) is 0 Å². The Morgan fingerprint density at radius 1 is 0.844 bits per heavy atom. The SMILES string of the molecule is O=C(CSc1nc2ccccc2nc1N1CCCC1)N1CCN(c2ccc(Cl)cc2)CC1. The number of piperazine rings is 1. The first-order chi connectivity index (χ1) is 15.7. The van der Waals surface area contributed by atoms with E-state index in [1.165, 1.54) is 24.6 Å². The summed E-state index contributed by atoms with van der Waals surface area (Å²) < 4.78 is 0. The van der Waals surface area contributed by atoms with Crippen molar-refractivity contribution in [1.29, 1.82) is 0 Å². The van der Waals surface area contributed by atoms with Crippen LogP contribution in [0.15, 0.2) is 53.6 Å². The Balaban J connectivity index is 1.24. The maximum Gasteiger partial charge on any atom is 0.233 e. The van der Waals surface area contributed by atoms with E-state index in [4.69, 9.17) is 21.6 Å². The molecule has 0 aliphatic carbocycles. The summed E-state index contributed by atoms with van der Waals surface area (Å²) in [6, 6.07) is 15.8. The Morgan fingerprint density at radius 2 is 1.50 bits per heavy atom. The molecular weight excluding hydrogens is 442 g/mol. The molecule has 0 unspecified atom stereocenters. The minimum atomic E-state index is 0.160. The highest BCUT2D eigenvalue weighted by Gasteiger charge is 2.24. The molecule has 1 amide bonds. The van der Waals surface area contributed by atoms with Gasteiger partial charge >= 0.3 is 0 Å². The van der Waals surface area contributed by atoms with E-state index in [0.29, 0.717) is 5.75 Å². The summed E-state index contributed by atoms with van der Waals surface area (Å²) in [7, 11) is 0. The number of aromatic nitrogens is 2. The molecule has 0 radical (unpaired) electrons. The average molecular weight is 468 g/mol. The fourth-order valence-electron chi connectivity index (χ4n) is 4.29. The van der Waals surface area contributed by atoms with E-state index in [0.717, 1.165) is 71.9 Å². The van der Waals surface area contributed by atoms with Gasteiger partial charge in [-0.1, -0.05) is 35.5 Å². The number of hydrogen-bond donors (Lipinski definition) is 0. The van der Waals surface area contributed by atoms with Crippen molar-refractivity contribution in [3.05, 3.63) is 53.6 Å².